The first kappa shape index (κ1) is 13.1. The van der Waals surface area contributed by atoms with Crippen molar-refractivity contribution < 1.29 is 14.1 Å². The lowest BCUT2D eigenvalue weighted by Gasteiger charge is -2.27. The lowest BCUT2D eigenvalue weighted by molar-refractivity contribution is -0.127. The minimum absolute atomic E-state index is 0.00296. The maximum Gasteiger partial charge on any atom is 0.230 e. The quantitative estimate of drug-likeness (QED) is 0.896. The molecule has 1 aromatic rings. The molecule has 0 aliphatic carbocycles. The molecule has 2 rings (SSSR count). The van der Waals surface area contributed by atoms with Crippen LogP contribution in [0.15, 0.2) is 4.52 Å². The van der Waals surface area contributed by atoms with Crippen molar-refractivity contribution in [3.63, 3.8) is 0 Å². The maximum absolute atomic E-state index is 12.2. The van der Waals surface area contributed by atoms with E-state index in [1.54, 1.807) is 0 Å². The van der Waals surface area contributed by atoms with Crippen molar-refractivity contribution in [2.75, 3.05) is 11.9 Å². The van der Waals surface area contributed by atoms with E-state index >= 15 is 0 Å². The first-order valence-corrected chi connectivity index (χ1v) is 6.51. The summed E-state index contributed by atoms with van der Waals surface area (Å²) < 4.78 is 10.7. The fourth-order valence-electron chi connectivity index (χ4n) is 2.30. The summed E-state index contributed by atoms with van der Waals surface area (Å²) in [6, 6.07) is 0. The predicted octanol–water partition coefficient (Wildman–Crippen LogP) is 2.30. The van der Waals surface area contributed by atoms with E-state index < -0.39 is 0 Å². The van der Waals surface area contributed by atoms with Gasteiger partial charge >= 0.3 is 0 Å². The summed E-state index contributed by atoms with van der Waals surface area (Å²) in [6.45, 7) is 6.50. The lowest BCUT2D eigenvalue weighted by Crippen LogP contribution is -2.36. The second kappa shape index (κ2) is 5.52. The molecule has 5 heteroatoms. The molecule has 2 unspecified atom stereocenters. The molecule has 1 aliphatic rings. The minimum atomic E-state index is -0.0854. The van der Waals surface area contributed by atoms with E-state index in [0.29, 0.717) is 6.42 Å². The topological polar surface area (TPSA) is 64.4 Å². The van der Waals surface area contributed by atoms with Gasteiger partial charge in [-0.1, -0.05) is 12.1 Å². The number of aryl methyl sites for hydroxylation is 2. The summed E-state index contributed by atoms with van der Waals surface area (Å²) in [7, 11) is 0. The Balaban J connectivity index is 2.08. The van der Waals surface area contributed by atoms with Gasteiger partial charge in [-0.25, -0.2) is 0 Å². The molecule has 1 fully saturated rings. The van der Waals surface area contributed by atoms with Crippen molar-refractivity contribution in [1.29, 1.82) is 0 Å². The first-order chi connectivity index (χ1) is 8.63. The van der Waals surface area contributed by atoms with E-state index in [2.05, 4.69) is 10.5 Å². The van der Waals surface area contributed by atoms with Crippen LogP contribution < -0.4 is 5.32 Å². The Kier molecular flexibility index (Phi) is 4.01. The fraction of sp³-hybridized carbons (Fsp3) is 0.692. The summed E-state index contributed by atoms with van der Waals surface area (Å²) in [5.74, 6) is 0.645. The molecule has 1 aromatic heterocycles. The number of hydrogen-bond acceptors (Lipinski definition) is 4. The van der Waals surface area contributed by atoms with E-state index in [1.165, 1.54) is 0 Å². The molecule has 1 aliphatic heterocycles. The first-order valence-electron chi connectivity index (χ1n) is 6.51. The molecule has 0 bridgehead atoms. The summed E-state index contributed by atoms with van der Waals surface area (Å²) >= 11 is 0. The smallest absolute Gasteiger partial charge is 0.230 e. The number of nitrogens with zero attached hydrogens (tertiary/aromatic N) is 1. The van der Waals surface area contributed by atoms with E-state index in [-0.39, 0.29) is 17.9 Å². The van der Waals surface area contributed by atoms with Crippen molar-refractivity contribution in [2.45, 2.75) is 46.1 Å². The third kappa shape index (κ3) is 2.56. The van der Waals surface area contributed by atoms with Crippen molar-refractivity contribution in [3.8, 4) is 0 Å². The van der Waals surface area contributed by atoms with Crippen LogP contribution in [0.4, 0.5) is 5.69 Å². The highest BCUT2D eigenvalue weighted by atomic mass is 16.5. The molecule has 100 valence electrons. The van der Waals surface area contributed by atoms with E-state index in [4.69, 9.17) is 9.26 Å². The molecule has 0 aromatic carbocycles. The van der Waals surface area contributed by atoms with Crippen molar-refractivity contribution in [2.24, 2.45) is 5.92 Å². The molecular formula is C13H20N2O3. The molecule has 0 spiro atoms. The standard InChI is InChI=1S/C13H20N2O3/c1-4-11-12(8(2)15-18-11)14-13(16)10-6-5-7-17-9(10)3/h9-10H,4-7H2,1-3H3,(H,14,16). The molecule has 2 atom stereocenters. The van der Waals surface area contributed by atoms with Gasteiger partial charge in [0.2, 0.25) is 5.91 Å². The minimum Gasteiger partial charge on any atom is -0.378 e. The average molecular weight is 252 g/mol. The van der Waals surface area contributed by atoms with Gasteiger partial charge in [-0.15, -0.1) is 0 Å². The summed E-state index contributed by atoms with van der Waals surface area (Å²) in [5, 5.41) is 6.82. The van der Waals surface area contributed by atoms with Gasteiger partial charge in [-0.2, -0.15) is 0 Å². The lowest BCUT2D eigenvalue weighted by atomic mass is 9.94. The molecule has 0 saturated carbocycles. The number of carbonyl (C=O) groups is 1. The Hall–Kier alpha value is -1.36. The third-order valence-electron chi connectivity index (χ3n) is 3.45. The fourth-order valence-corrected chi connectivity index (χ4v) is 2.30. The number of hydrogen-bond donors (Lipinski definition) is 1. The van der Waals surface area contributed by atoms with Gasteiger partial charge in [0.1, 0.15) is 11.4 Å². The maximum atomic E-state index is 12.2. The number of aromatic nitrogens is 1. The Morgan fingerprint density at radius 1 is 1.56 bits per heavy atom. The summed E-state index contributed by atoms with van der Waals surface area (Å²) in [4.78, 5) is 12.2. The zero-order valence-electron chi connectivity index (χ0n) is 11.2. The number of carbonyl (C=O) groups excluding carboxylic acids is 1. The molecular weight excluding hydrogens is 232 g/mol. The van der Waals surface area contributed by atoms with E-state index in [9.17, 15) is 4.79 Å². The van der Waals surface area contributed by atoms with Crippen molar-refractivity contribution >= 4 is 11.6 Å². The average Bonchev–Trinajstić information content (AvgIpc) is 2.71. The van der Waals surface area contributed by atoms with Gasteiger partial charge in [-0.05, 0) is 26.7 Å². The molecule has 18 heavy (non-hydrogen) atoms. The second-order valence-electron chi connectivity index (χ2n) is 4.73. The van der Waals surface area contributed by atoms with Gasteiger partial charge < -0.3 is 14.6 Å². The molecule has 1 N–H and O–H groups in total. The van der Waals surface area contributed by atoms with Crippen LogP contribution in [0.25, 0.3) is 0 Å². The Labute approximate surface area is 107 Å². The van der Waals surface area contributed by atoms with Gasteiger partial charge in [-0.3, -0.25) is 4.79 Å². The Morgan fingerprint density at radius 2 is 2.33 bits per heavy atom. The summed E-state index contributed by atoms with van der Waals surface area (Å²) in [5.41, 5.74) is 1.45. The van der Waals surface area contributed by atoms with Crippen LogP contribution in [-0.4, -0.2) is 23.8 Å². The second-order valence-corrected chi connectivity index (χ2v) is 4.73. The number of amides is 1. The molecule has 2 heterocycles. The van der Waals surface area contributed by atoms with Crippen LogP contribution in [0.3, 0.4) is 0 Å². The molecule has 1 amide bonds. The Morgan fingerprint density at radius 3 is 3.00 bits per heavy atom. The van der Waals surface area contributed by atoms with Gasteiger partial charge in [0.05, 0.1) is 12.0 Å². The van der Waals surface area contributed by atoms with Crippen molar-refractivity contribution in [3.05, 3.63) is 11.5 Å². The highest BCUT2D eigenvalue weighted by Crippen LogP contribution is 2.25. The van der Waals surface area contributed by atoms with Crippen LogP contribution in [0.1, 0.15) is 38.1 Å². The van der Waals surface area contributed by atoms with Crippen LogP contribution in [0.2, 0.25) is 0 Å². The monoisotopic (exact) mass is 252 g/mol. The van der Waals surface area contributed by atoms with E-state index in [1.807, 2.05) is 20.8 Å². The van der Waals surface area contributed by atoms with Crippen LogP contribution in [-0.2, 0) is 16.0 Å². The van der Waals surface area contributed by atoms with Crippen LogP contribution in [0, 0.1) is 12.8 Å². The van der Waals surface area contributed by atoms with E-state index in [0.717, 1.165) is 36.6 Å². The summed E-state index contributed by atoms with van der Waals surface area (Å²) in [6.07, 6.45) is 2.50. The Bertz CT molecular complexity index is 428. The third-order valence-corrected chi connectivity index (χ3v) is 3.45. The zero-order chi connectivity index (χ0) is 13.1. The number of ether oxygens (including phenoxy) is 1. The number of anilines is 1. The van der Waals surface area contributed by atoms with Gasteiger partial charge in [0, 0.05) is 13.0 Å². The predicted molar refractivity (Wildman–Crippen MR) is 67.4 cm³/mol. The van der Waals surface area contributed by atoms with Gasteiger partial charge in [0.15, 0.2) is 5.76 Å². The van der Waals surface area contributed by atoms with Crippen LogP contribution >= 0.6 is 0 Å². The molecule has 5 nitrogen and oxygen atoms in total. The van der Waals surface area contributed by atoms with Crippen molar-refractivity contribution in [1.82, 2.24) is 5.16 Å². The number of nitrogens with one attached hydrogen (secondary N) is 1. The van der Waals surface area contributed by atoms with Crippen LogP contribution in [0.5, 0.6) is 0 Å². The highest BCUT2D eigenvalue weighted by Gasteiger charge is 2.29. The molecule has 1 saturated heterocycles. The van der Waals surface area contributed by atoms with Gasteiger partial charge in [0.25, 0.3) is 0 Å². The number of rotatable bonds is 3. The highest BCUT2D eigenvalue weighted by molar-refractivity contribution is 5.93. The zero-order valence-corrected chi connectivity index (χ0v) is 11.2. The normalized spacial score (nSPS) is 23.9. The largest absolute Gasteiger partial charge is 0.378 e. The molecule has 0 radical (unpaired) electrons. The SMILES string of the molecule is CCc1onc(C)c1NC(=O)C1CCCOC1C.